The first-order valence-corrected chi connectivity index (χ1v) is 9.14. The van der Waals surface area contributed by atoms with Crippen LogP contribution in [0.2, 0.25) is 5.28 Å². The monoisotopic (exact) mass is 402 g/mol. The van der Waals surface area contributed by atoms with Gasteiger partial charge < -0.3 is 9.47 Å². The Kier molecular flexibility index (Phi) is 4.65. The Morgan fingerprint density at radius 3 is 2.67 bits per heavy atom. The highest BCUT2D eigenvalue weighted by molar-refractivity contribution is 6.28. The lowest BCUT2D eigenvalue weighted by atomic mass is 9.82. The lowest BCUT2D eigenvalue weighted by Crippen LogP contribution is -2.40. The number of aryl methyl sites for hydroxylation is 1. The van der Waals surface area contributed by atoms with Crippen LogP contribution in [-0.2, 0) is 6.18 Å². The fraction of sp³-hybridized carbons (Fsp3) is 0.588. The molecule has 0 spiro atoms. The van der Waals surface area contributed by atoms with Gasteiger partial charge in [0, 0.05) is 12.1 Å². The maximum Gasteiger partial charge on any atom is 0.423 e. The van der Waals surface area contributed by atoms with Crippen molar-refractivity contribution < 1.29 is 22.6 Å². The second-order valence-corrected chi connectivity index (χ2v) is 7.29. The average molecular weight is 403 g/mol. The molecule has 0 bridgehead atoms. The van der Waals surface area contributed by atoms with E-state index in [0.29, 0.717) is 31.0 Å². The van der Waals surface area contributed by atoms with Crippen LogP contribution in [0.1, 0.15) is 43.0 Å². The Labute approximate surface area is 158 Å². The predicted octanol–water partition coefficient (Wildman–Crippen LogP) is 4.23. The van der Waals surface area contributed by atoms with Crippen molar-refractivity contribution in [2.75, 3.05) is 6.61 Å². The van der Waals surface area contributed by atoms with Crippen molar-refractivity contribution in [2.45, 2.75) is 50.9 Å². The lowest BCUT2D eigenvalue weighted by molar-refractivity contribution is -0.140. The van der Waals surface area contributed by atoms with Crippen LogP contribution in [0, 0.1) is 12.8 Å². The van der Waals surface area contributed by atoms with Crippen LogP contribution in [0.3, 0.4) is 0 Å². The van der Waals surface area contributed by atoms with Crippen molar-refractivity contribution in [1.29, 1.82) is 0 Å². The van der Waals surface area contributed by atoms with Gasteiger partial charge in [-0.3, -0.25) is 4.68 Å². The summed E-state index contributed by atoms with van der Waals surface area (Å²) in [7, 11) is 0. The molecule has 27 heavy (non-hydrogen) atoms. The Morgan fingerprint density at radius 2 is 2.04 bits per heavy atom. The standard InChI is InChI=1S/C17H18ClF3N4O2/c1-9-14(7-25(24-9)11-3-4-11)26-8-10-2-5-13(10)27-15-12(17(19,20)21)6-22-16(18)23-15/h6-7,10-11,13H,2-5,8H2,1H3/t10-,13+/m0/s1. The molecule has 146 valence electrons. The average Bonchev–Trinajstić information content (AvgIpc) is 3.35. The second-order valence-electron chi connectivity index (χ2n) is 6.95. The van der Waals surface area contributed by atoms with Gasteiger partial charge in [0.1, 0.15) is 17.4 Å². The van der Waals surface area contributed by atoms with Gasteiger partial charge in [-0.05, 0) is 44.2 Å². The third-order valence-corrected chi connectivity index (χ3v) is 5.07. The van der Waals surface area contributed by atoms with E-state index >= 15 is 0 Å². The normalized spacial score (nSPS) is 22.4. The van der Waals surface area contributed by atoms with E-state index in [4.69, 9.17) is 21.1 Å². The summed E-state index contributed by atoms with van der Waals surface area (Å²) in [5, 5.41) is 4.15. The zero-order valence-corrected chi connectivity index (χ0v) is 15.3. The molecule has 0 radical (unpaired) electrons. The first-order valence-electron chi connectivity index (χ1n) is 8.76. The molecule has 10 heteroatoms. The van der Waals surface area contributed by atoms with Crippen LogP contribution in [-0.4, -0.2) is 32.5 Å². The summed E-state index contributed by atoms with van der Waals surface area (Å²) in [6, 6.07) is 0.462. The molecule has 2 heterocycles. The summed E-state index contributed by atoms with van der Waals surface area (Å²) in [5.74, 6) is 0.145. The third kappa shape index (κ3) is 3.97. The maximum absolute atomic E-state index is 13.1. The minimum absolute atomic E-state index is 0.0245. The van der Waals surface area contributed by atoms with Crippen LogP contribution in [0.25, 0.3) is 0 Å². The van der Waals surface area contributed by atoms with Crippen LogP contribution in [0.15, 0.2) is 12.4 Å². The molecule has 2 saturated carbocycles. The van der Waals surface area contributed by atoms with Gasteiger partial charge in [-0.15, -0.1) is 0 Å². The highest BCUT2D eigenvalue weighted by Crippen LogP contribution is 2.39. The Morgan fingerprint density at radius 1 is 1.26 bits per heavy atom. The molecular formula is C17H18ClF3N4O2. The van der Waals surface area contributed by atoms with Gasteiger partial charge in [-0.1, -0.05) is 0 Å². The van der Waals surface area contributed by atoms with E-state index in [1.54, 1.807) is 0 Å². The SMILES string of the molecule is Cc1nn(C2CC2)cc1OC[C@@H]1CC[C@H]1Oc1nc(Cl)ncc1C(F)(F)F. The molecule has 2 aliphatic carbocycles. The van der Waals surface area contributed by atoms with Gasteiger partial charge in [-0.2, -0.15) is 23.3 Å². The van der Waals surface area contributed by atoms with E-state index in [1.165, 1.54) is 0 Å². The summed E-state index contributed by atoms with van der Waals surface area (Å²) in [5.41, 5.74) is -0.222. The van der Waals surface area contributed by atoms with E-state index in [2.05, 4.69) is 15.1 Å². The van der Waals surface area contributed by atoms with Gasteiger partial charge in [0.2, 0.25) is 11.2 Å². The number of alkyl halides is 3. The van der Waals surface area contributed by atoms with E-state index in [9.17, 15) is 13.2 Å². The van der Waals surface area contributed by atoms with Crippen LogP contribution in [0.4, 0.5) is 13.2 Å². The van der Waals surface area contributed by atoms with E-state index in [1.807, 2.05) is 17.8 Å². The molecule has 2 aromatic heterocycles. The summed E-state index contributed by atoms with van der Waals surface area (Å²) in [6.07, 6.45) is 1.20. The minimum atomic E-state index is -4.61. The summed E-state index contributed by atoms with van der Waals surface area (Å²) >= 11 is 5.64. The second kappa shape index (κ2) is 6.85. The topological polar surface area (TPSA) is 62.1 Å². The molecule has 4 rings (SSSR count). The fourth-order valence-electron chi connectivity index (χ4n) is 2.99. The van der Waals surface area contributed by atoms with Crippen molar-refractivity contribution in [3.8, 4) is 11.6 Å². The molecule has 0 N–H and O–H groups in total. The van der Waals surface area contributed by atoms with Crippen molar-refractivity contribution in [1.82, 2.24) is 19.7 Å². The summed E-state index contributed by atoms with van der Waals surface area (Å²) in [6.45, 7) is 2.23. The van der Waals surface area contributed by atoms with Crippen LogP contribution in [0.5, 0.6) is 11.6 Å². The minimum Gasteiger partial charge on any atom is -0.490 e. The molecule has 0 aromatic carbocycles. The maximum atomic E-state index is 13.1. The van der Waals surface area contributed by atoms with E-state index in [-0.39, 0.29) is 11.2 Å². The van der Waals surface area contributed by atoms with Gasteiger partial charge in [0.25, 0.3) is 0 Å². The number of hydrogen-bond acceptors (Lipinski definition) is 5. The van der Waals surface area contributed by atoms with Crippen LogP contribution >= 0.6 is 11.6 Å². The number of aromatic nitrogens is 4. The van der Waals surface area contributed by atoms with Crippen molar-refractivity contribution in [3.05, 3.63) is 28.9 Å². The largest absolute Gasteiger partial charge is 0.490 e. The molecule has 2 atom stereocenters. The van der Waals surface area contributed by atoms with Crippen molar-refractivity contribution in [3.63, 3.8) is 0 Å². The number of ether oxygens (including phenoxy) is 2. The van der Waals surface area contributed by atoms with Gasteiger partial charge in [0.15, 0.2) is 5.75 Å². The number of nitrogens with zero attached hydrogens (tertiary/aromatic N) is 4. The highest BCUT2D eigenvalue weighted by Gasteiger charge is 2.40. The van der Waals surface area contributed by atoms with Gasteiger partial charge in [0.05, 0.1) is 18.8 Å². The molecule has 0 saturated heterocycles. The lowest BCUT2D eigenvalue weighted by Gasteiger charge is -2.36. The molecule has 2 fully saturated rings. The first-order chi connectivity index (χ1) is 12.8. The molecular weight excluding hydrogens is 385 g/mol. The molecule has 0 aliphatic heterocycles. The quantitative estimate of drug-likeness (QED) is 0.677. The van der Waals surface area contributed by atoms with E-state index < -0.39 is 23.7 Å². The highest BCUT2D eigenvalue weighted by atomic mass is 35.5. The Bertz CT molecular complexity index is 838. The molecule has 0 amide bonds. The smallest absolute Gasteiger partial charge is 0.423 e. The zero-order chi connectivity index (χ0) is 19.2. The molecule has 2 aromatic rings. The van der Waals surface area contributed by atoms with Gasteiger partial charge >= 0.3 is 6.18 Å². The first kappa shape index (κ1) is 18.3. The third-order valence-electron chi connectivity index (χ3n) is 4.89. The van der Waals surface area contributed by atoms with Crippen molar-refractivity contribution >= 4 is 11.6 Å². The summed E-state index contributed by atoms with van der Waals surface area (Å²) < 4.78 is 52.6. The molecule has 0 unspecified atom stereocenters. The predicted molar refractivity (Wildman–Crippen MR) is 89.9 cm³/mol. The number of rotatable bonds is 6. The van der Waals surface area contributed by atoms with Gasteiger partial charge in [-0.25, -0.2) is 4.98 Å². The Hall–Kier alpha value is -2.03. The van der Waals surface area contributed by atoms with E-state index in [0.717, 1.165) is 25.0 Å². The number of hydrogen-bond donors (Lipinski definition) is 0. The fourth-order valence-corrected chi connectivity index (χ4v) is 3.11. The van der Waals surface area contributed by atoms with Crippen molar-refractivity contribution in [2.24, 2.45) is 5.92 Å². The molecule has 2 aliphatic rings. The summed E-state index contributed by atoms with van der Waals surface area (Å²) in [4.78, 5) is 7.02. The zero-order valence-electron chi connectivity index (χ0n) is 14.5. The number of halogens is 4. The Balaban J connectivity index is 1.39. The van der Waals surface area contributed by atoms with Crippen LogP contribution < -0.4 is 9.47 Å². The molecule has 6 nitrogen and oxygen atoms in total.